The van der Waals surface area contributed by atoms with E-state index in [1.807, 2.05) is 36.4 Å². The molecule has 0 aromatic heterocycles. The van der Waals surface area contributed by atoms with E-state index in [2.05, 4.69) is 4.74 Å². The summed E-state index contributed by atoms with van der Waals surface area (Å²) in [7, 11) is 2.76. The first-order valence-electron chi connectivity index (χ1n) is 7.22. The number of hydrogen-bond acceptors (Lipinski definition) is 5. The number of ether oxygens (including phenoxy) is 3. The monoisotopic (exact) mass is 323 g/mol. The molecule has 0 aliphatic heterocycles. The lowest BCUT2D eigenvalue weighted by Crippen LogP contribution is -2.02. The highest BCUT2D eigenvalue weighted by molar-refractivity contribution is 5.97. The molecule has 0 unspecified atom stereocenters. The van der Waals surface area contributed by atoms with Crippen molar-refractivity contribution in [3.05, 3.63) is 65.2 Å². The molecule has 0 saturated heterocycles. The molecular formula is C19H17NO4. The quantitative estimate of drug-likeness (QED) is 0.463. The Morgan fingerprint density at radius 1 is 1.12 bits per heavy atom. The molecule has 0 aliphatic carbocycles. The molecule has 24 heavy (non-hydrogen) atoms. The molecule has 5 nitrogen and oxygen atoms in total. The SMILES string of the molecule is COC(=O)/C(C#N)=C\c1ccc(OCc2ccccc2)c(OC)c1. The van der Waals surface area contributed by atoms with Crippen LogP contribution in [0.1, 0.15) is 11.1 Å². The summed E-state index contributed by atoms with van der Waals surface area (Å²) in [6, 6.07) is 16.8. The highest BCUT2D eigenvalue weighted by atomic mass is 16.5. The number of methoxy groups -OCH3 is 2. The Bertz CT molecular complexity index is 776. The Morgan fingerprint density at radius 3 is 2.50 bits per heavy atom. The van der Waals surface area contributed by atoms with Crippen molar-refractivity contribution in [1.82, 2.24) is 0 Å². The molecule has 2 rings (SSSR count). The van der Waals surface area contributed by atoms with Crippen LogP contribution in [-0.4, -0.2) is 20.2 Å². The van der Waals surface area contributed by atoms with Crippen molar-refractivity contribution in [3.63, 3.8) is 0 Å². The van der Waals surface area contributed by atoms with Gasteiger partial charge in [-0.15, -0.1) is 0 Å². The summed E-state index contributed by atoms with van der Waals surface area (Å²) in [5.74, 6) is 0.415. The Morgan fingerprint density at radius 2 is 1.88 bits per heavy atom. The van der Waals surface area contributed by atoms with E-state index < -0.39 is 5.97 Å². The van der Waals surface area contributed by atoms with Crippen molar-refractivity contribution >= 4 is 12.0 Å². The maximum Gasteiger partial charge on any atom is 0.348 e. The molecule has 0 aliphatic rings. The molecule has 2 aromatic rings. The Balaban J connectivity index is 2.20. The lowest BCUT2D eigenvalue weighted by Gasteiger charge is -2.11. The fourth-order valence-corrected chi connectivity index (χ4v) is 2.04. The van der Waals surface area contributed by atoms with Gasteiger partial charge in [0, 0.05) is 0 Å². The van der Waals surface area contributed by atoms with Gasteiger partial charge in [-0.05, 0) is 29.3 Å². The molecule has 2 aromatic carbocycles. The molecular weight excluding hydrogens is 306 g/mol. The van der Waals surface area contributed by atoms with Crippen LogP contribution in [0.4, 0.5) is 0 Å². The topological polar surface area (TPSA) is 68.6 Å². The number of carbonyl (C=O) groups is 1. The second kappa shape index (κ2) is 8.39. The summed E-state index contributed by atoms with van der Waals surface area (Å²) < 4.78 is 15.6. The van der Waals surface area contributed by atoms with Gasteiger partial charge in [-0.2, -0.15) is 5.26 Å². The first-order valence-corrected chi connectivity index (χ1v) is 7.22. The summed E-state index contributed by atoms with van der Waals surface area (Å²) in [5, 5.41) is 9.01. The average molecular weight is 323 g/mol. The maximum absolute atomic E-state index is 11.5. The van der Waals surface area contributed by atoms with Gasteiger partial charge in [0.05, 0.1) is 14.2 Å². The molecule has 0 saturated carbocycles. The summed E-state index contributed by atoms with van der Waals surface area (Å²) >= 11 is 0. The second-order valence-electron chi connectivity index (χ2n) is 4.85. The predicted octanol–water partition coefficient (Wildman–Crippen LogP) is 3.35. The standard InChI is InChI=1S/C19H17NO4/c1-22-18-11-15(10-16(12-20)19(21)23-2)8-9-17(18)24-13-14-6-4-3-5-7-14/h3-11H,13H2,1-2H3/b16-10-. The van der Waals surface area contributed by atoms with E-state index in [0.717, 1.165) is 5.56 Å². The molecule has 0 fully saturated rings. The van der Waals surface area contributed by atoms with Crippen LogP contribution in [0.3, 0.4) is 0 Å². The first kappa shape index (κ1) is 17.1. The van der Waals surface area contributed by atoms with Gasteiger partial charge in [0.15, 0.2) is 11.5 Å². The van der Waals surface area contributed by atoms with E-state index in [9.17, 15) is 4.79 Å². The van der Waals surface area contributed by atoms with Gasteiger partial charge < -0.3 is 14.2 Å². The zero-order valence-corrected chi connectivity index (χ0v) is 13.5. The smallest absolute Gasteiger partial charge is 0.348 e. The van der Waals surface area contributed by atoms with Gasteiger partial charge in [0.2, 0.25) is 0 Å². The number of carbonyl (C=O) groups excluding carboxylic acids is 1. The van der Waals surface area contributed by atoms with Crippen molar-refractivity contribution in [1.29, 1.82) is 5.26 Å². The van der Waals surface area contributed by atoms with Crippen LogP contribution in [0.25, 0.3) is 6.08 Å². The Labute approximate surface area is 140 Å². The summed E-state index contributed by atoms with van der Waals surface area (Å²) in [6.45, 7) is 0.415. The van der Waals surface area contributed by atoms with E-state index >= 15 is 0 Å². The predicted molar refractivity (Wildman–Crippen MR) is 89.4 cm³/mol. The minimum absolute atomic E-state index is 0.0856. The van der Waals surface area contributed by atoms with Crippen LogP contribution in [0.2, 0.25) is 0 Å². The molecule has 122 valence electrons. The fourth-order valence-electron chi connectivity index (χ4n) is 2.04. The van der Waals surface area contributed by atoms with Gasteiger partial charge in [0.1, 0.15) is 18.2 Å². The molecule has 5 heteroatoms. The number of nitriles is 1. The summed E-state index contributed by atoms with van der Waals surface area (Å²) in [5.41, 5.74) is 1.60. The number of benzene rings is 2. The van der Waals surface area contributed by atoms with Gasteiger partial charge in [-0.3, -0.25) is 0 Å². The third kappa shape index (κ3) is 4.37. The Hall–Kier alpha value is -3.26. The second-order valence-corrected chi connectivity index (χ2v) is 4.85. The van der Waals surface area contributed by atoms with E-state index in [4.69, 9.17) is 14.7 Å². The lowest BCUT2D eigenvalue weighted by molar-refractivity contribution is -0.135. The van der Waals surface area contributed by atoms with Gasteiger partial charge in [-0.25, -0.2) is 4.79 Å². The van der Waals surface area contributed by atoms with E-state index in [-0.39, 0.29) is 5.57 Å². The number of esters is 1. The highest BCUT2D eigenvalue weighted by Crippen LogP contribution is 2.29. The Kier molecular flexibility index (Phi) is 5.98. The largest absolute Gasteiger partial charge is 0.493 e. The molecule has 0 N–H and O–H groups in total. The number of nitrogens with zero attached hydrogens (tertiary/aromatic N) is 1. The van der Waals surface area contributed by atoms with Gasteiger partial charge in [0.25, 0.3) is 0 Å². The zero-order chi connectivity index (χ0) is 17.4. The van der Waals surface area contributed by atoms with Crippen molar-refractivity contribution in [2.75, 3.05) is 14.2 Å². The highest BCUT2D eigenvalue weighted by Gasteiger charge is 2.10. The van der Waals surface area contributed by atoms with Crippen molar-refractivity contribution in [2.45, 2.75) is 6.61 Å². The van der Waals surface area contributed by atoms with Crippen LogP contribution in [0, 0.1) is 11.3 Å². The average Bonchev–Trinajstić information content (AvgIpc) is 2.64. The van der Waals surface area contributed by atoms with Crippen LogP contribution in [0.15, 0.2) is 54.1 Å². The molecule has 0 radical (unpaired) electrons. The van der Waals surface area contributed by atoms with Gasteiger partial charge in [-0.1, -0.05) is 36.4 Å². The maximum atomic E-state index is 11.5. The van der Waals surface area contributed by atoms with Gasteiger partial charge >= 0.3 is 5.97 Å². The molecule has 0 amide bonds. The third-order valence-corrected chi connectivity index (χ3v) is 3.26. The van der Waals surface area contributed by atoms with E-state index in [1.165, 1.54) is 20.3 Å². The number of hydrogen-bond donors (Lipinski definition) is 0. The van der Waals surface area contributed by atoms with E-state index in [1.54, 1.807) is 18.2 Å². The lowest BCUT2D eigenvalue weighted by atomic mass is 10.1. The summed E-state index contributed by atoms with van der Waals surface area (Å²) in [6.07, 6.45) is 1.44. The van der Waals surface area contributed by atoms with Crippen molar-refractivity contribution in [2.24, 2.45) is 0 Å². The van der Waals surface area contributed by atoms with Crippen LogP contribution in [-0.2, 0) is 16.1 Å². The van der Waals surface area contributed by atoms with E-state index in [0.29, 0.717) is 23.7 Å². The first-order chi connectivity index (χ1) is 11.7. The van der Waals surface area contributed by atoms with Crippen LogP contribution in [0.5, 0.6) is 11.5 Å². The fraction of sp³-hybridized carbons (Fsp3) is 0.158. The van der Waals surface area contributed by atoms with Crippen LogP contribution < -0.4 is 9.47 Å². The van der Waals surface area contributed by atoms with Crippen LogP contribution >= 0.6 is 0 Å². The van der Waals surface area contributed by atoms with Crippen molar-refractivity contribution in [3.8, 4) is 17.6 Å². The molecule has 0 atom stereocenters. The summed E-state index contributed by atoms with van der Waals surface area (Å²) in [4.78, 5) is 11.5. The minimum Gasteiger partial charge on any atom is -0.493 e. The molecule has 0 heterocycles. The molecule has 0 bridgehead atoms. The molecule has 0 spiro atoms. The number of rotatable bonds is 6. The zero-order valence-electron chi connectivity index (χ0n) is 13.5. The van der Waals surface area contributed by atoms with Crippen molar-refractivity contribution < 1.29 is 19.0 Å². The normalized spacial score (nSPS) is 10.6. The minimum atomic E-state index is -0.680. The third-order valence-electron chi connectivity index (χ3n) is 3.26.